The molecule has 6 atom stereocenters. The Morgan fingerprint density at radius 1 is 1.27 bits per heavy atom. The minimum atomic E-state index is -0.666. The summed E-state index contributed by atoms with van der Waals surface area (Å²) >= 11 is 1.66. The Bertz CT molecular complexity index is 761. The van der Waals surface area contributed by atoms with Gasteiger partial charge in [0, 0.05) is 38.5 Å². The standard InChI is InChI=1S/C23H38N4O5S/c1-14(2)12-15(13-28)27-19(21(30)25-6-7-26-8-10-32-11-9-26)23-5-4-16(33-23)17(20(29)24-3)18(23)22(27)31/h14-19,28H,4-13H2,1-3H3,(H,24,29)(H,25,30)/t15-,16+,17-,18+,19?,23?/m1/s1. The summed E-state index contributed by atoms with van der Waals surface area (Å²) in [6.07, 6.45) is 2.18. The minimum absolute atomic E-state index is 0.0578. The first-order chi connectivity index (χ1) is 15.8. The Morgan fingerprint density at radius 2 is 2.00 bits per heavy atom. The van der Waals surface area contributed by atoms with Gasteiger partial charge in [-0.3, -0.25) is 19.3 Å². The van der Waals surface area contributed by atoms with E-state index in [0.717, 1.165) is 32.5 Å². The summed E-state index contributed by atoms with van der Waals surface area (Å²) in [5.41, 5.74) is 0. The van der Waals surface area contributed by atoms with E-state index in [4.69, 9.17) is 4.74 Å². The monoisotopic (exact) mass is 482 g/mol. The topological polar surface area (TPSA) is 111 Å². The maximum absolute atomic E-state index is 13.8. The Balaban J connectivity index is 1.58. The van der Waals surface area contributed by atoms with Crippen LogP contribution in [0.1, 0.15) is 33.1 Å². The van der Waals surface area contributed by atoms with Crippen LogP contribution in [0.5, 0.6) is 0 Å². The lowest BCUT2D eigenvalue weighted by atomic mass is 9.71. The lowest BCUT2D eigenvalue weighted by Gasteiger charge is -2.37. The number of hydrogen-bond acceptors (Lipinski definition) is 7. The molecule has 0 aromatic heterocycles. The summed E-state index contributed by atoms with van der Waals surface area (Å²) in [5, 5.41) is 16.1. The molecule has 3 amide bonds. The molecule has 9 nitrogen and oxygen atoms in total. The van der Waals surface area contributed by atoms with E-state index in [1.165, 1.54) is 0 Å². The number of rotatable bonds is 9. The number of morpholine rings is 1. The molecule has 0 aromatic carbocycles. The summed E-state index contributed by atoms with van der Waals surface area (Å²) in [5.74, 6) is -1.11. The van der Waals surface area contributed by atoms with Gasteiger partial charge >= 0.3 is 0 Å². The van der Waals surface area contributed by atoms with Crippen LogP contribution in [0.15, 0.2) is 0 Å². The number of thioether (sulfide) groups is 1. The maximum Gasteiger partial charge on any atom is 0.244 e. The van der Waals surface area contributed by atoms with Crippen molar-refractivity contribution in [3.8, 4) is 0 Å². The summed E-state index contributed by atoms with van der Waals surface area (Å²) in [6, 6.07) is -1.10. The van der Waals surface area contributed by atoms with E-state index in [1.54, 1.807) is 23.7 Å². The van der Waals surface area contributed by atoms with Crippen molar-refractivity contribution < 1.29 is 24.2 Å². The van der Waals surface area contributed by atoms with Gasteiger partial charge in [0.05, 0.1) is 42.4 Å². The molecule has 186 valence electrons. The fraction of sp³-hybridized carbons (Fsp3) is 0.870. The molecule has 33 heavy (non-hydrogen) atoms. The summed E-state index contributed by atoms with van der Waals surface area (Å²) in [6.45, 7) is 8.25. The van der Waals surface area contributed by atoms with Gasteiger partial charge in [0.1, 0.15) is 6.04 Å². The number of fused-ring (bicyclic) bond motifs is 1. The second-order valence-corrected chi connectivity index (χ2v) is 11.7. The Hall–Kier alpha value is -1.36. The first kappa shape index (κ1) is 24.8. The number of carbonyl (C=O) groups excluding carboxylic acids is 3. The molecule has 0 radical (unpaired) electrons. The van der Waals surface area contributed by atoms with Crippen molar-refractivity contribution in [2.45, 2.75) is 55.2 Å². The quantitative estimate of drug-likeness (QED) is 0.413. The van der Waals surface area contributed by atoms with Crippen molar-refractivity contribution in [2.24, 2.45) is 17.8 Å². The summed E-state index contributed by atoms with van der Waals surface area (Å²) in [4.78, 5) is 44.2. The van der Waals surface area contributed by atoms with E-state index in [0.29, 0.717) is 26.2 Å². The van der Waals surface area contributed by atoms with Gasteiger partial charge in [-0.15, -0.1) is 11.8 Å². The number of carbonyl (C=O) groups is 3. The van der Waals surface area contributed by atoms with Gasteiger partial charge in [-0.05, 0) is 25.2 Å². The van der Waals surface area contributed by atoms with Crippen LogP contribution in [0.25, 0.3) is 0 Å². The lowest BCUT2D eigenvalue weighted by Crippen LogP contribution is -2.57. The minimum Gasteiger partial charge on any atom is -0.394 e. The highest BCUT2D eigenvalue weighted by Gasteiger charge is 2.74. The number of aliphatic hydroxyl groups excluding tert-OH is 1. The van der Waals surface area contributed by atoms with Crippen LogP contribution in [0.3, 0.4) is 0 Å². The Kier molecular flexibility index (Phi) is 7.57. The van der Waals surface area contributed by atoms with E-state index >= 15 is 0 Å². The number of amides is 3. The number of nitrogens with zero attached hydrogens (tertiary/aromatic N) is 2. The molecule has 2 bridgehead atoms. The van der Waals surface area contributed by atoms with Crippen LogP contribution in [0, 0.1) is 17.8 Å². The SMILES string of the molecule is CNC(=O)[C@@H]1[C@@H]2CCC3(S2)C(C(=O)NCCN2CCOCC2)N([C@@H](CO)CC(C)C)C(=O)[C@H]13. The van der Waals surface area contributed by atoms with Crippen molar-refractivity contribution in [3.63, 3.8) is 0 Å². The van der Waals surface area contributed by atoms with E-state index in [-0.39, 0.29) is 35.5 Å². The second kappa shape index (κ2) is 10.1. The normalized spacial score (nSPS) is 34.6. The van der Waals surface area contributed by atoms with Crippen LogP contribution in [0.2, 0.25) is 0 Å². The highest BCUT2D eigenvalue weighted by Crippen LogP contribution is 2.66. The third-order valence-electron chi connectivity index (χ3n) is 7.71. The van der Waals surface area contributed by atoms with E-state index in [1.807, 2.05) is 13.8 Å². The molecule has 2 unspecified atom stereocenters. The molecule has 4 aliphatic heterocycles. The summed E-state index contributed by atoms with van der Waals surface area (Å²) in [7, 11) is 1.61. The molecule has 4 heterocycles. The van der Waals surface area contributed by atoms with Gasteiger partial charge in [0.2, 0.25) is 17.7 Å². The van der Waals surface area contributed by atoms with Gasteiger partial charge in [0.25, 0.3) is 0 Å². The van der Waals surface area contributed by atoms with Crippen LogP contribution in [0.4, 0.5) is 0 Å². The number of ether oxygens (including phenoxy) is 1. The predicted molar refractivity (Wildman–Crippen MR) is 126 cm³/mol. The third-order valence-corrected chi connectivity index (χ3v) is 9.67. The second-order valence-electron chi connectivity index (χ2n) is 10.1. The van der Waals surface area contributed by atoms with Crippen molar-refractivity contribution in [2.75, 3.05) is 53.0 Å². The Morgan fingerprint density at radius 3 is 2.64 bits per heavy atom. The molecular weight excluding hydrogens is 444 g/mol. The van der Waals surface area contributed by atoms with Crippen LogP contribution in [-0.2, 0) is 19.1 Å². The van der Waals surface area contributed by atoms with Crippen LogP contribution < -0.4 is 10.6 Å². The van der Waals surface area contributed by atoms with Crippen molar-refractivity contribution in [1.29, 1.82) is 0 Å². The largest absolute Gasteiger partial charge is 0.394 e. The fourth-order valence-electron chi connectivity index (χ4n) is 6.33. The smallest absolute Gasteiger partial charge is 0.244 e. The molecule has 4 fully saturated rings. The number of nitrogens with one attached hydrogen (secondary N) is 2. The van der Waals surface area contributed by atoms with Gasteiger partial charge in [-0.25, -0.2) is 0 Å². The zero-order valence-electron chi connectivity index (χ0n) is 19.9. The van der Waals surface area contributed by atoms with Crippen LogP contribution in [-0.4, -0.2) is 108 Å². The molecular formula is C23H38N4O5S. The maximum atomic E-state index is 13.8. The Labute approximate surface area is 200 Å². The fourth-order valence-corrected chi connectivity index (χ4v) is 8.54. The lowest BCUT2D eigenvalue weighted by molar-refractivity contribution is -0.143. The van der Waals surface area contributed by atoms with Gasteiger partial charge in [0.15, 0.2) is 0 Å². The van der Waals surface area contributed by atoms with E-state index in [9.17, 15) is 19.5 Å². The number of aliphatic hydroxyl groups is 1. The van der Waals surface area contributed by atoms with Gasteiger partial charge in [-0.2, -0.15) is 0 Å². The predicted octanol–water partition coefficient (Wildman–Crippen LogP) is -0.321. The molecule has 0 aliphatic carbocycles. The number of likely N-dealkylation sites (tertiary alicyclic amines) is 1. The van der Waals surface area contributed by atoms with E-state index < -0.39 is 28.7 Å². The average molecular weight is 483 g/mol. The zero-order valence-corrected chi connectivity index (χ0v) is 20.7. The molecule has 3 N–H and O–H groups in total. The molecule has 4 rings (SSSR count). The molecule has 0 saturated carbocycles. The number of hydrogen-bond donors (Lipinski definition) is 3. The van der Waals surface area contributed by atoms with Gasteiger partial charge in [-0.1, -0.05) is 13.8 Å². The molecule has 4 saturated heterocycles. The molecule has 10 heteroatoms. The molecule has 1 spiro atoms. The average Bonchev–Trinajstić information content (AvgIpc) is 3.45. The van der Waals surface area contributed by atoms with Crippen molar-refractivity contribution in [3.05, 3.63) is 0 Å². The zero-order chi connectivity index (χ0) is 23.8. The summed E-state index contributed by atoms with van der Waals surface area (Å²) < 4.78 is 4.79. The van der Waals surface area contributed by atoms with Crippen molar-refractivity contribution in [1.82, 2.24) is 20.4 Å². The molecule has 4 aliphatic rings. The highest BCUT2D eigenvalue weighted by molar-refractivity contribution is 8.02. The van der Waals surface area contributed by atoms with E-state index in [2.05, 4.69) is 15.5 Å². The highest BCUT2D eigenvalue weighted by atomic mass is 32.2. The van der Waals surface area contributed by atoms with Gasteiger partial charge < -0.3 is 25.4 Å². The van der Waals surface area contributed by atoms with Crippen molar-refractivity contribution >= 4 is 29.5 Å². The first-order valence-electron chi connectivity index (χ1n) is 12.2. The third kappa shape index (κ3) is 4.39. The van der Waals surface area contributed by atoms with Crippen LogP contribution >= 0.6 is 11.8 Å². The first-order valence-corrected chi connectivity index (χ1v) is 13.1. The molecule has 0 aromatic rings.